The molecule has 2 aromatic carbocycles. The Morgan fingerprint density at radius 1 is 1.06 bits per heavy atom. The van der Waals surface area contributed by atoms with E-state index in [4.69, 9.17) is 4.98 Å². The van der Waals surface area contributed by atoms with Crippen LogP contribution in [0.5, 0.6) is 0 Å². The number of imidazole rings is 1. The van der Waals surface area contributed by atoms with Gasteiger partial charge in [-0.25, -0.2) is 4.98 Å². The van der Waals surface area contributed by atoms with Crippen LogP contribution < -0.4 is 10.2 Å². The molecule has 2 aliphatic rings. The molecule has 3 heterocycles. The van der Waals surface area contributed by atoms with Gasteiger partial charge in [0, 0.05) is 36.1 Å². The first-order chi connectivity index (χ1) is 15.2. The zero-order valence-corrected chi connectivity index (χ0v) is 18.2. The van der Waals surface area contributed by atoms with Crippen molar-refractivity contribution in [3.63, 3.8) is 0 Å². The number of likely N-dealkylation sites (tertiary alicyclic amines) is 1. The summed E-state index contributed by atoms with van der Waals surface area (Å²) in [5, 5.41) is 3.02. The second-order valence-corrected chi connectivity index (χ2v) is 8.93. The molecule has 2 fully saturated rings. The predicted octanol–water partition coefficient (Wildman–Crippen LogP) is 4.79. The third-order valence-electron chi connectivity index (χ3n) is 6.68. The zero-order valence-electron chi connectivity index (χ0n) is 18.2. The second-order valence-electron chi connectivity index (χ2n) is 8.93. The lowest BCUT2D eigenvalue weighted by Crippen LogP contribution is -2.29. The van der Waals surface area contributed by atoms with Crippen molar-refractivity contribution in [3.05, 3.63) is 53.9 Å². The number of amides is 1. The highest BCUT2D eigenvalue weighted by atomic mass is 16.1. The van der Waals surface area contributed by atoms with Crippen LogP contribution >= 0.6 is 0 Å². The summed E-state index contributed by atoms with van der Waals surface area (Å²) in [5.41, 5.74) is 4.54. The van der Waals surface area contributed by atoms with Crippen LogP contribution in [0.1, 0.15) is 55.2 Å². The van der Waals surface area contributed by atoms with E-state index < -0.39 is 0 Å². The molecule has 162 valence electrons. The Morgan fingerprint density at radius 3 is 2.61 bits per heavy atom. The van der Waals surface area contributed by atoms with Crippen LogP contribution in [-0.4, -0.2) is 46.5 Å². The van der Waals surface area contributed by atoms with Crippen molar-refractivity contribution in [1.29, 1.82) is 0 Å². The van der Waals surface area contributed by atoms with E-state index in [0.29, 0.717) is 11.6 Å². The fraction of sp³-hybridized carbons (Fsp3) is 0.440. The molecule has 1 unspecified atom stereocenters. The quantitative estimate of drug-likeness (QED) is 0.626. The van der Waals surface area contributed by atoms with E-state index in [9.17, 15) is 4.79 Å². The number of aromatic amines is 1. The van der Waals surface area contributed by atoms with E-state index >= 15 is 0 Å². The average Bonchev–Trinajstić information content (AvgIpc) is 3.39. The fourth-order valence-corrected chi connectivity index (χ4v) is 4.81. The molecular formula is C25H31N5O. The average molecular weight is 418 g/mol. The summed E-state index contributed by atoms with van der Waals surface area (Å²) in [7, 11) is 0. The molecule has 2 aliphatic heterocycles. The number of nitrogens with one attached hydrogen (secondary N) is 2. The first-order valence-corrected chi connectivity index (χ1v) is 11.5. The minimum atomic E-state index is -0.0915. The SMILES string of the molecule is CC1CCCN1Cc1nc2cc(NC(=O)c3ccc(N4CCCCC4)cc3)ccc2[nH]1. The summed E-state index contributed by atoms with van der Waals surface area (Å²) < 4.78 is 0. The number of hydrogen-bond donors (Lipinski definition) is 2. The van der Waals surface area contributed by atoms with Gasteiger partial charge >= 0.3 is 0 Å². The molecule has 0 saturated carbocycles. The summed E-state index contributed by atoms with van der Waals surface area (Å²) in [5.74, 6) is 0.895. The van der Waals surface area contributed by atoms with Gasteiger partial charge in [-0.3, -0.25) is 9.69 Å². The van der Waals surface area contributed by atoms with Crippen LogP contribution in [0.3, 0.4) is 0 Å². The maximum Gasteiger partial charge on any atom is 0.255 e. The van der Waals surface area contributed by atoms with Gasteiger partial charge in [0.05, 0.1) is 17.6 Å². The van der Waals surface area contributed by atoms with Gasteiger partial charge in [0.25, 0.3) is 5.91 Å². The standard InChI is InChI=1S/C25H31N5O/c1-18-6-5-15-30(18)17-24-27-22-12-9-20(16-23(22)28-24)26-25(31)19-7-10-21(11-8-19)29-13-3-2-4-14-29/h7-12,16,18H,2-6,13-15,17H2,1H3,(H,26,31)(H,27,28). The van der Waals surface area contributed by atoms with E-state index in [-0.39, 0.29) is 5.91 Å². The lowest BCUT2D eigenvalue weighted by atomic mass is 10.1. The Bertz CT molecular complexity index is 1050. The Hall–Kier alpha value is -2.86. The van der Waals surface area contributed by atoms with E-state index in [1.165, 1.54) is 37.8 Å². The molecule has 2 saturated heterocycles. The van der Waals surface area contributed by atoms with Crippen molar-refractivity contribution < 1.29 is 4.79 Å². The fourth-order valence-electron chi connectivity index (χ4n) is 4.81. The molecule has 0 spiro atoms. The van der Waals surface area contributed by atoms with Crippen LogP contribution in [-0.2, 0) is 6.54 Å². The molecule has 1 aromatic heterocycles. The number of carbonyl (C=O) groups excluding carboxylic acids is 1. The third-order valence-corrected chi connectivity index (χ3v) is 6.68. The Kier molecular flexibility index (Phi) is 5.64. The molecule has 0 aliphatic carbocycles. The lowest BCUT2D eigenvalue weighted by Gasteiger charge is -2.28. The van der Waals surface area contributed by atoms with Crippen LogP contribution in [0, 0.1) is 0 Å². The maximum atomic E-state index is 12.7. The molecule has 5 rings (SSSR count). The van der Waals surface area contributed by atoms with Crippen LogP contribution in [0.15, 0.2) is 42.5 Å². The van der Waals surface area contributed by atoms with Gasteiger partial charge < -0.3 is 15.2 Å². The van der Waals surface area contributed by atoms with Crippen LogP contribution in [0.2, 0.25) is 0 Å². The molecule has 6 nitrogen and oxygen atoms in total. The first-order valence-electron chi connectivity index (χ1n) is 11.5. The monoisotopic (exact) mass is 417 g/mol. The molecule has 0 bridgehead atoms. The molecule has 31 heavy (non-hydrogen) atoms. The third kappa shape index (κ3) is 4.44. The van der Waals surface area contributed by atoms with E-state index in [1.807, 2.05) is 30.3 Å². The number of H-pyrrole nitrogens is 1. The summed E-state index contributed by atoms with van der Waals surface area (Å²) in [6.45, 7) is 6.47. The summed E-state index contributed by atoms with van der Waals surface area (Å²) in [6, 6.07) is 14.4. The number of nitrogens with zero attached hydrogens (tertiary/aromatic N) is 3. The lowest BCUT2D eigenvalue weighted by molar-refractivity contribution is 0.102. The Morgan fingerprint density at radius 2 is 1.87 bits per heavy atom. The van der Waals surface area contributed by atoms with Gasteiger partial charge in [0.15, 0.2) is 0 Å². The smallest absolute Gasteiger partial charge is 0.255 e. The van der Waals surface area contributed by atoms with Crippen LogP contribution in [0.4, 0.5) is 11.4 Å². The van der Waals surface area contributed by atoms with E-state index in [2.05, 4.69) is 39.2 Å². The first kappa shape index (κ1) is 20.1. The van der Waals surface area contributed by atoms with E-state index in [0.717, 1.165) is 48.7 Å². The molecule has 3 aromatic rings. The number of hydrogen-bond acceptors (Lipinski definition) is 4. The molecule has 1 atom stereocenters. The Labute approximate surface area is 183 Å². The number of aromatic nitrogens is 2. The van der Waals surface area contributed by atoms with Gasteiger partial charge in [0.1, 0.15) is 5.82 Å². The highest BCUT2D eigenvalue weighted by Gasteiger charge is 2.21. The minimum absolute atomic E-state index is 0.0915. The van der Waals surface area contributed by atoms with Gasteiger partial charge in [-0.2, -0.15) is 0 Å². The highest BCUT2D eigenvalue weighted by Crippen LogP contribution is 2.23. The summed E-state index contributed by atoms with van der Waals surface area (Å²) in [6.07, 6.45) is 6.33. The molecule has 1 amide bonds. The predicted molar refractivity (Wildman–Crippen MR) is 126 cm³/mol. The van der Waals surface area contributed by atoms with Crippen molar-refractivity contribution in [2.45, 2.75) is 51.6 Å². The number of anilines is 2. The van der Waals surface area contributed by atoms with Gasteiger partial charge in [0.2, 0.25) is 0 Å². The van der Waals surface area contributed by atoms with Crippen molar-refractivity contribution in [2.75, 3.05) is 29.9 Å². The van der Waals surface area contributed by atoms with Gasteiger partial charge in [-0.1, -0.05) is 0 Å². The number of fused-ring (bicyclic) bond motifs is 1. The zero-order chi connectivity index (χ0) is 21.2. The van der Waals surface area contributed by atoms with Gasteiger partial charge in [-0.15, -0.1) is 0 Å². The van der Waals surface area contributed by atoms with Crippen LogP contribution in [0.25, 0.3) is 11.0 Å². The minimum Gasteiger partial charge on any atom is -0.372 e. The topological polar surface area (TPSA) is 64.3 Å². The van der Waals surface area contributed by atoms with Gasteiger partial charge in [-0.05, 0) is 88.0 Å². The maximum absolute atomic E-state index is 12.7. The number of piperidine rings is 1. The molecular weight excluding hydrogens is 386 g/mol. The largest absolute Gasteiger partial charge is 0.372 e. The number of rotatable bonds is 5. The molecule has 2 N–H and O–H groups in total. The van der Waals surface area contributed by atoms with E-state index in [1.54, 1.807) is 0 Å². The Balaban J connectivity index is 1.25. The number of carbonyl (C=O) groups is 1. The second kappa shape index (κ2) is 8.71. The van der Waals surface area contributed by atoms with Crippen molar-refractivity contribution >= 4 is 28.3 Å². The highest BCUT2D eigenvalue weighted by molar-refractivity contribution is 6.05. The van der Waals surface area contributed by atoms with Crippen molar-refractivity contribution in [2.24, 2.45) is 0 Å². The summed E-state index contributed by atoms with van der Waals surface area (Å²) in [4.78, 5) is 25.8. The normalized spacial score (nSPS) is 19.8. The van der Waals surface area contributed by atoms with Crippen molar-refractivity contribution in [1.82, 2.24) is 14.9 Å². The van der Waals surface area contributed by atoms with Crippen molar-refractivity contribution in [3.8, 4) is 0 Å². The number of benzene rings is 2. The molecule has 6 heteroatoms. The summed E-state index contributed by atoms with van der Waals surface area (Å²) >= 11 is 0. The molecule has 0 radical (unpaired) electrons.